The van der Waals surface area contributed by atoms with E-state index in [-0.39, 0.29) is 0 Å². The Morgan fingerprint density at radius 2 is 0.837 bits per heavy atom. The molecular formula is C45H30N4. The summed E-state index contributed by atoms with van der Waals surface area (Å²) in [5.41, 5.74) is 12.5. The molecule has 0 spiro atoms. The summed E-state index contributed by atoms with van der Waals surface area (Å²) in [6.07, 6.45) is 2.01. The standard InChI is InChI=1S/C45H30N4/c1-5-13-31(14-6-1)36-23-26-43-38(27-36)39-28-40(32-15-7-2-8-16-32)46-30-44(39)49(43)37-24-21-34(22-25-37)42-29-41(33-17-9-3-10-18-33)47-45(48-42)35-19-11-4-12-20-35/h1-30H. The van der Waals surface area contributed by atoms with E-state index in [2.05, 4.69) is 138 Å². The molecule has 0 fully saturated rings. The first-order valence-corrected chi connectivity index (χ1v) is 16.4. The average molecular weight is 627 g/mol. The summed E-state index contributed by atoms with van der Waals surface area (Å²) in [7, 11) is 0. The number of nitrogens with zero attached hydrogens (tertiary/aromatic N) is 4. The maximum atomic E-state index is 5.04. The first-order chi connectivity index (χ1) is 24.3. The van der Waals surface area contributed by atoms with Crippen LogP contribution in [0.3, 0.4) is 0 Å². The van der Waals surface area contributed by atoms with Crippen LogP contribution in [0.1, 0.15) is 0 Å². The molecule has 4 nitrogen and oxygen atoms in total. The summed E-state index contributed by atoms with van der Waals surface area (Å²) in [6.45, 7) is 0. The Kier molecular flexibility index (Phi) is 7.10. The Balaban J connectivity index is 1.19. The van der Waals surface area contributed by atoms with Gasteiger partial charge in [0.15, 0.2) is 5.82 Å². The largest absolute Gasteiger partial charge is 0.308 e. The second-order valence-corrected chi connectivity index (χ2v) is 12.1. The van der Waals surface area contributed by atoms with E-state index in [0.29, 0.717) is 5.82 Å². The zero-order chi connectivity index (χ0) is 32.6. The van der Waals surface area contributed by atoms with Gasteiger partial charge in [0, 0.05) is 38.7 Å². The monoisotopic (exact) mass is 626 g/mol. The van der Waals surface area contributed by atoms with E-state index >= 15 is 0 Å². The normalized spacial score (nSPS) is 11.3. The fourth-order valence-electron chi connectivity index (χ4n) is 6.62. The molecule has 0 unspecified atom stereocenters. The number of rotatable bonds is 6. The van der Waals surface area contributed by atoms with E-state index in [1.165, 1.54) is 21.9 Å². The van der Waals surface area contributed by atoms with Crippen LogP contribution < -0.4 is 0 Å². The molecule has 9 aromatic rings. The number of aromatic nitrogens is 4. The van der Waals surface area contributed by atoms with Crippen LogP contribution in [0, 0.1) is 0 Å². The minimum absolute atomic E-state index is 0.706. The molecule has 0 aliphatic heterocycles. The molecule has 4 heteroatoms. The number of hydrogen-bond acceptors (Lipinski definition) is 3. The molecule has 0 radical (unpaired) electrons. The van der Waals surface area contributed by atoms with Crippen molar-refractivity contribution in [3.63, 3.8) is 0 Å². The molecule has 9 rings (SSSR count). The molecule has 0 saturated heterocycles. The summed E-state index contributed by atoms with van der Waals surface area (Å²) >= 11 is 0. The Morgan fingerprint density at radius 3 is 1.45 bits per heavy atom. The third kappa shape index (κ3) is 5.35. The van der Waals surface area contributed by atoms with Crippen molar-refractivity contribution in [2.45, 2.75) is 0 Å². The lowest BCUT2D eigenvalue weighted by Gasteiger charge is -2.11. The molecule has 0 aliphatic carbocycles. The third-order valence-corrected chi connectivity index (χ3v) is 9.08. The van der Waals surface area contributed by atoms with Gasteiger partial charge in [-0.05, 0) is 47.5 Å². The lowest BCUT2D eigenvalue weighted by atomic mass is 10.0. The van der Waals surface area contributed by atoms with Gasteiger partial charge < -0.3 is 4.57 Å². The number of benzene rings is 6. The van der Waals surface area contributed by atoms with E-state index in [0.717, 1.165) is 56.1 Å². The molecule has 49 heavy (non-hydrogen) atoms. The predicted molar refractivity (Wildman–Crippen MR) is 201 cm³/mol. The van der Waals surface area contributed by atoms with E-state index in [9.17, 15) is 0 Å². The second kappa shape index (κ2) is 12.2. The lowest BCUT2D eigenvalue weighted by molar-refractivity contribution is 1.16. The lowest BCUT2D eigenvalue weighted by Crippen LogP contribution is -1.97. The van der Waals surface area contributed by atoms with Crippen molar-refractivity contribution in [1.29, 1.82) is 0 Å². The molecule has 230 valence electrons. The summed E-state index contributed by atoms with van der Waals surface area (Å²) in [4.78, 5) is 14.9. The van der Waals surface area contributed by atoms with Gasteiger partial charge in [0.05, 0.1) is 34.3 Å². The van der Waals surface area contributed by atoms with Gasteiger partial charge in [-0.2, -0.15) is 0 Å². The van der Waals surface area contributed by atoms with E-state index in [4.69, 9.17) is 15.0 Å². The first kappa shape index (κ1) is 28.6. The van der Waals surface area contributed by atoms with Gasteiger partial charge >= 0.3 is 0 Å². The Bertz CT molecular complexity index is 2400. The van der Waals surface area contributed by atoms with Crippen LogP contribution >= 0.6 is 0 Å². The quantitative estimate of drug-likeness (QED) is 0.184. The molecule has 0 saturated carbocycles. The van der Waals surface area contributed by atoms with Crippen LogP contribution in [0.5, 0.6) is 0 Å². The summed E-state index contributed by atoms with van der Waals surface area (Å²) < 4.78 is 2.32. The molecule has 3 heterocycles. The highest BCUT2D eigenvalue weighted by atomic mass is 15.0. The van der Waals surface area contributed by atoms with Gasteiger partial charge in [0.2, 0.25) is 0 Å². The predicted octanol–water partition coefficient (Wildman–Crippen LogP) is 11.3. The van der Waals surface area contributed by atoms with Crippen LogP contribution in [0.4, 0.5) is 0 Å². The molecule has 0 aliphatic rings. The minimum Gasteiger partial charge on any atom is -0.308 e. The van der Waals surface area contributed by atoms with Gasteiger partial charge in [-0.25, -0.2) is 9.97 Å². The Hall–Kier alpha value is -6.65. The highest BCUT2D eigenvalue weighted by Crippen LogP contribution is 2.37. The maximum Gasteiger partial charge on any atom is 0.160 e. The smallest absolute Gasteiger partial charge is 0.160 e. The van der Waals surface area contributed by atoms with Crippen molar-refractivity contribution in [3.05, 3.63) is 182 Å². The fraction of sp³-hybridized carbons (Fsp3) is 0. The third-order valence-electron chi connectivity index (χ3n) is 9.08. The topological polar surface area (TPSA) is 43.6 Å². The van der Waals surface area contributed by atoms with Gasteiger partial charge in [0.25, 0.3) is 0 Å². The molecule has 0 bridgehead atoms. The van der Waals surface area contributed by atoms with Gasteiger partial charge in [0.1, 0.15) is 0 Å². The van der Waals surface area contributed by atoms with Crippen molar-refractivity contribution >= 4 is 21.8 Å². The van der Waals surface area contributed by atoms with Crippen molar-refractivity contribution in [3.8, 4) is 62.0 Å². The molecular weight excluding hydrogens is 597 g/mol. The molecule has 3 aromatic heterocycles. The highest BCUT2D eigenvalue weighted by Gasteiger charge is 2.16. The van der Waals surface area contributed by atoms with Gasteiger partial charge in [-0.1, -0.05) is 140 Å². The molecule has 0 N–H and O–H groups in total. The Labute approximate surface area is 284 Å². The summed E-state index contributed by atoms with van der Waals surface area (Å²) in [5, 5.41) is 2.36. The Morgan fingerprint density at radius 1 is 0.347 bits per heavy atom. The average Bonchev–Trinajstić information content (AvgIpc) is 3.52. The summed E-state index contributed by atoms with van der Waals surface area (Å²) in [5.74, 6) is 0.706. The maximum absolute atomic E-state index is 5.04. The van der Waals surface area contributed by atoms with Gasteiger partial charge in [-0.15, -0.1) is 0 Å². The van der Waals surface area contributed by atoms with Crippen molar-refractivity contribution in [1.82, 2.24) is 19.5 Å². The van der Waals surface area contributed by atoms with Crippen molar-refractivity contribution in [2.24, 2.45) is 0 Å². The zero-order valence-corrected chi connectivity index (χ0v) is 26.6. The van der Waals surface area contributed by atoms with Crippen LogP contribution in [0.25, 0.3) is 83.8 Å². The zero-order valence-electron chi connectivity index (χ0n) is 26.6. The van der Waals surface area contributed by atoms with Crippen LogP contribution in [0.2, 0.25) is 0 Å². The SMILES string of the molecule is c1ccc(-c2ccc3c(c2)c2cc(-c4ccccc4)ncc2n3-c2ccc(-c3cc(-c4ccccc4)nc(-c4ccccc4)n3)cc2)cc1. The van der Waals surface area contributed by atoms with Crippen LogP contribution in [-0.4, -0.2) is 19.5 Å². The van der Waals surface area contributed by atoms with Crippen LogP contribution in [-0.2, 0) is 0 Å². The number of pyridine rings is 1. The van der Waals surface area contributed by atoms with E-state index in [1.54, 1.807) is 0 Å². The number of hydrogen-bond donors (Lipinski definition) is 0. The van der Waals surface area contributed by atoms with Crippen LogP contribution in [0.15, 0.2) is 182 Å². The highest BCUT2D eigenvalue weighted by molar-refractivity contribution is 6.11. The first-order valence-electron chi connectivity index (χ1n) is 16.4. The van der Waals surface area contributed by atoms with Crippen molar-refractivity contribution in [2.75, 3.05) is 0 Å². The second-order valence-electron chi connectivity index (χ2n) is 12.1. The molecule has 0 amide bonds. The molecule has 0 atom stereocenters. The molecule has 6 aromatic carbocycles. The van der Waals surface area contributed by atoms with Crippen molar-refractivity contribution < 1.29 is 0 Å². The number of fused-ring (bicyclic) bond motifs is 3. The van der Waals surface area contributed by atoms with E-state index in [1.807, 2.05) is 48.7 Å². The fourth-order valence-corrected chi connectivity index (χ4v) is 6.62. The summed E-state index contributed by atoms with van der Waals surface area (Å²) in [6, 6.07) is 61.1. The van der Waals surface area contributed by atoms with Gasteiger partial charge in [-0.3, -0.25) is 4.98 Å². The minimum atomic E-state index is 0.706. The van der Waals surface area contributed by atoms with E-state index < -0.39 is 0 Å².